The third kappa shape index (κ3) is 4.09. The molecule has 0 aliphatic rings. The highest BCUT2D eigenvalue weighted by Crippen LogP contribution is 2.25. The van der Waals surface area contributed by atoms with E-state index in [1.165, 1.54) is 11.1 Å². The molecule has 0 fully saturated rings. The van der Waals surface area contributed by atoms with Gasteiger partial charge < -0.3 is 9.30 Å². The first-order valence-corrected chi connectivity index (χ1v) is 9.56. The Labute approximate surface area is 157 Å². The first-order chi connectivity index (χ1) is 12.4. The first-order valence-electron chi connectivity index (χ1n) is 9.56. The minimum Gasteiger partial charge on any atom is -0.486 e. The van der Waals surface area contributed by atoms with Crippen LogP contribution in [0.25, 0.3) is 11.0 Å². The Morgan fingerprint density at radius 1 is 1.04 bits per heavy atom. The molecule has 0 saturated heterocycles. The number of ether oxygens (including phenoxy) is 1. The van der Waals surface area contributed by atoms with Crippen molar-refractivity contribution in [2.24, 2.45) is 5.92 Å². The van der Waals surface area contributed by atoms with Crippen LogP contribution in [0.4, 0.5) is 0 Å². The Balaban J connectivity index is 1.81. The van der Waals surface area contributed by atoms with Crippen LogP contribution in [0.1, 0.15) is 52.4 Å². The van der Waals surface area contributed by atoms with Gasteiger partial charge in [-0.25, -0.2) is 4.98 Å². The molecule has 3 nitrogen and oxygen atoms in total. The van der Waals surface area contributed by atoms with Gasteiger partial charge in [-0.2, -0.15) is 0 Å². The molecular weight excluding hydrogens is 320 g/mol. The van der Waals surface area contributed by atoms with Gasteiger partial charge in [-0.05, 0) is 41.2 Å². The van der Waals surface area contributed by atoms with E-state index in [0.717, 1.165) is 30.1 Å². The van der Waals surface area contributed by atoms with E-state index < -0.39 is 0 Å². The van der Waals surface area contributed by atoms with Crippen molar-refractivity contribution in [1.82, 2.24) is 9.55 Å². The number of aromatic nitrogens is 2. The molecule has 0 spiro atoms. The molecule has 1 atom stereocenters. The fraction of sp³-hybridized carbons (Fsp3) is 0.435. The molecule has 3 aromatic rings. The minimum atomic E-state index is 0.156. The standard InChI is InChI=1S/C23H30N2O/c1-6-17(2)15-25-21-10-8-7-9-20(21)24-22(25)16-26-19-13-11-18(12-14-19)23(3,4)5/h7-14,17H,6,15-16H2,1-5H3. The molecule has 0 saturated carbocycles. The molecule has 1 unspecified atom stereocenters. The predicted octanol–water partition coefficient (Wildman–Crippen LogP) is 5.96. The summed E-state index contributed by atoms with van der Waals surface area (Å²) in [7, 11) is 0. The van der Waals surface area contributed by atoms with Gasteiger partial charge in [-0.1, -0.05) is 65.3 Å². The Kier molecular flexibility index (Phi) is 5.36. The third-order valence-electron chi connectivity index (χ3n) is 5.01. The molecule has 3 heteroatoms. The molecule has 1 aromatic heterocycles. The van der Waals surface area contributed by atoms with Crippen molar-refractivity contribution in [1.29, 1.82) is 0 Å². The highest BCUT2D eigenvalue weighted by atomic mass is 16.5. The largest absolute Gasteiger partial charge is 0.486 e. The number of nitrogens with zero attached hydrogens (tertiary/aromatic N) is 2. The fourth-order valence-corrected chi connectivity index (χ4v) is 3.08. The number of para-hydroxylation sites is 2. The molecule has 26 heavy (non-hydrogen) atoms. The van der Waals surface area contributed by atoms with Gasteiger partial charge in [0.05, 0.1) is 11.0 Å². The summed E-state index contributed by atoms with van der Waals surface area (Å²) in [5.74, 6) is 2.49. The number of rotatable bonds is 6. The Morgan fingerprint density at radius 2 is 1.73 bits per heavy atom. The lowest BCUT2D eigenvalue weighted by molar-refractivity contribution is 0.286. The highest BCUT2D eigenvalue weighted by molar-refractivity contribution is 5.75. The first kappa shape index (κ1) is 18.5. The summed E-state index contributed by atoms with van der Waals surface area (Å²) in [4.78, 5) is 4.81. The van der Waals surface area contributed by atoms with Crippen LogP contribution in [0.15, 0.2) is 48.5 Å². The van der Waals surface area contributed by atoms with Gasteiger partial charge in [0.1, 0.15) is 18.2 Å². The SMILES string of the molecule is CCC(C)Cn1c(COc2ccc(C(C)(C)C)cc2)nc2ccccc21. The number of benzene rings is 2. The topological polar surface area (TPSA) is 27.1 Å². The summed E-state index contributed by atoms with van der Waals surface area (Å²) in [5.41, 5.74) is 3.70. The quantitative estimate of drug-likeness (QED) is 0.548. The molecule has 0 amide bonds. The molecule has 0 N–H and O–H groups in total. The van der Waals surface area contributed by atoms with E-state index in [0.29, 0.717) is 12.5 Å². The van der Waals surface area contributed by atoms with Crippen LogP contribution >= 0.6 is 0 Å². The number of fused-ring (bicyclic) bond motifs is 1. The Morgan fingerprint density at radius 3 is 2.38 bits per heavy atom. The van der Waals surface area contributed by atoms with Crippen LogP contribution in [-0.2, 0) is 18.6 Å². The highest BCUT2D eigenvalue weighted by Gasteiger charge is 2.15. The summed E-state index contributed by atoms with van der Waals surface area (Å²) in [6.07, 6.45) is 1.15. The van der Waals surface area contributed by atoms with Crippen molar-refractivity contribution in [3.05, 3.63) is 59.9 Å². The van der Waals surface area contributed by atoms with Crippen LogP contribution in [0.5, 0.6) is 5.75 Å². The van der Waals surface area contributed by atoms with E-state index >= 15 is 0 Å². The average Bonchev–Trinajstić information content (AvgIpc) is 2.97. The molecule has 138 valence electrons. The number of hydrogen-bond donors (Lipinski definition) is 0. The zero-order valence-electron chi connectivity index (χ0n) is 16.6. The van der Waals surface area contributed by atoms with E-state index in [-0.39, 0.29) is 5.41 Å². The van der Waals surface area contributed by atoms with Crippen LogP contribution in [0, 0.1) is 5.92 Å². The second-order valence-electron chi connectivity index (χ2n) is 8.20. The molecule has 0 bridgehead atoms. The maximum absolute atomic E-state index is 6.06. The number of imidazole rings is 1. The molecular formula is C23H30N2O. The second-order valence-corrected chi connectivity index (χ2v) is 8.20. The van der Waals surface area contributed by atoms with Gasteiger partial charge in [0.15, 0.2) is 0 Å². The third-order valence-corrected chi connectivity index (χ3v) is 5.01. The normalized spacial score (nSPS) is 13.1. The summed E-state index contributed by atoms with van der Waals surface area (Å²) < 4.78 is 8.37. The summed E-state index contributed by atoms with van der Waals surface area (Å²) >= 11 is 0. The van der Waals surface area contributed by atoms with Gasteiger partial charge in [0.25, 0.3) is 0 Å². The zero-order valence-corrected chi connectivity index (χ0v) is 16.6. The monoisotopic (exact) mass is 350 g/mol. The van der Waals surface area contributed by atoms with Crippen molar-refractivity contribution < 1.29 is 4.74 Å². The van der Waals surface area contributed by atoms with E-state index in [9.17, 15) is 0 Å². The second kappa shape index (κ2) is 7.53. The van der Waals surface area contributed by atoms with Crippen molar-refractivity contribution in [2.75, 3.05) is 0 Å². The van der Waals surface area contributed by atoms with Crippen LogP contribution in [-0.4, -0.2) is 9.55 Å². The summed E-state index contributed by atoms with van der Waals surface area (Å²) in [6.45, 7) is 12.6. The minimum absolute atomic E-state index is 0.156. The lowest BCUT2D eigenvalue weighted by Crippen LogP contribution is -2.12. The van der Waals surface area contributed by atoms with Gasteiger partial charge >= 0.3 is 0 Å². The predicted molar refractivity (Wildman–Crippen MR) is 109 cm³/mol. The molecule has 0 aliphatic heterocycles. The van der Waals surface area contributed by atoms with E-state index in [4.69, 9.17) is 9.72 Å². The van der Waals surface area contributed by atoms with E-state index in [1.807, 2.05) is 6.07 Å². The van der Waals surface area contributed by atoms with Gasteiger partial charge in [0.2, 0.25) is 0 Å². The van der Waals surface area contributed by atoms with E-state index in [2.05, 4.69) is 81.7 Å². The maximum atomic E-state index is 6.06. The van der Waals surface area contributed by atoms with Crippen LogP contribution in [0.2, 0.25) is 0 Å². The lowest BCUT2D eigenvalue weighted by atomic mass is 9.87. The van der Waals surface area contributed by atoms with Crippen molar-refractivity contribution in [3.63, 3.8) is 0 Å². The molecule has 1 heterocycles. The lowest BCUT2D eigenvalue weighted by Gasteiger charge is -2.19. The Hall–Kier alpha value is -2.29. The fourth-order valence-electron chi connectivity index (χ4n) is 3.08. The Bertz CT molecular complexity index is 856. The number of hydrogen-bond acceptors (Lipinski definition) is 2. The van der Waals surface area contributed by atoms with Crippen molar-refractivity contribution in [2.45, 2.75) is 59.6 Å². The van der Waals surface area contributed by atoms with Crippen LogP contribution in [0.3, 0.4) is 0 Å². The van der Waals surface area contributed by atoms with Gasteiger partial charge in [-0.3, -0.25) is 0 Å². The van der Waals surface area contributed by atoms with E-state index in [1.54, 1.807) is 0 Å². The van der Waals surface area contributed by atoms with Crippen molar-refractivity contribution >= 4 is 11.0 Å². The maximum Gasteiger partial charge on any atom is 0.148 e. The van der Waals surface area contributed by atoms with Gasteiger partial charge in [-0.15, -0.1) is 0 Å². The smallest absolute Gasteiger partial charge is 0.148 e. The molecule has 2 aromatic carbocycles. The van der Waals surface area contributed by atoms with Crippen molar-refractivity contribution in [3.8, 4) is 5.75 Å². The average molecular weight is 351 g/mol. The van der Waals surface area contributed by atoms with Crippen LogP contribution < -0.4 is 4.74 Å². The molecule has 3 rings (SSSR count). The summed E-state index contributed by atoms with van der Waals surface area (Å²) in [5, 5.41) is 0. The zero-order chi connectivity index (χ0) is 18.7. The molecule has 0 aliphatic carbocycles. The summed E-state index contributed by atoms with van der Waals surface area (Å²) in [6, 6.07) is 16.8. The molecule has 0 radical (unpaired) electrons. The van der Waals surface area contributed by atoms with Gasteiger partial charge in [0, 0.05) is 6.54 Å².